The fraction of sp³-hybridized carbons (Fsp3) is 0.105. The van der Waals surface area contributed by atoms with Crippen LogP contribution in [0.25, 0.3) is 10.8 Å². The van der Waals surface area contributed by atoms with Crippen LogP contribution in [0.5, 0.6) is 0 Å². The van der Waals surface area contributed by atoms with Gasteiger partial charge in [0.05, 0.1) is 22.7 Å². The fourth-order valence-corrected chi connectivity index (χ4v) is 4.00. The zero-order valence-corrected chi connectivity index (χ0v) is 15.4. The van der Waals surface area contributed by atoms with E-state index in [-0.39, 0.29) is 18.5 Å². The molecule has 0 saturated carbocycles. The molecule has 1 heterocycles. The maximum absolute atomic E-state index is 11.6. The lowest BCUT2D eigenvalue weighted by atomic mass is 10.0. The molecule has 28 heavy (non-hydrogen) atoms. The molecular formula is C19H16N4O4S. The highest BCUT2D eigenvalue weighted by Crippen LogP contribution is 2.39. The molecule has 0 spiro atoms. The molecule has 8 nitrogen and oxygen atoms in total. The Bertz CT molecular complexity index is 1100. The molecule has 2 amide bonds. The molecule has 0 radical (unpaired) electrons. The molecule has 4 N–H and O–H groups in total. The minimum absolute atomic E-state index is 0.145. The second-order valence-corrected chi connectivity index (χ2v) is 7.17. The molecule has 1 aromatic heterocycles. The van der Waals surface area contributed by atoms with E-state index in [1.54, 1.807) is 12.4 Å². The lowest BCUT2D eigenvalue weighted by Gasteiger charge is -2.12. The van der Waals surface area contributed by atoms with Crippen LogP contribution in [-0.4, -0.2) is 21.7 Å². The average Bonchev–Trinajstić information content (AvgIpc) is 2.63. The van der Waals surface area contributed by atoms with Crippen molar-refractivity contribution in [1.82, 2.24) is 4.98 Å². The summed E-state index contributed by atoms with van der Waals surface area (Å²) in [6.45, 7) is 0. The number of nitro groups is 1. The highest BCUT2D eigenvalue weighted by Gasteiger charge is 2.21. The molecule has 3 aromatic rings. The summed E-state index contributed by atoms with van der Waals surface area (Å²) in [7, 11) is 0. The van der Waals surface area contributed by atoms with E-state index in [2.05, 4.69) is 4.98 Å². The van der Waals surface area contributed by atoms with Gasteiger partial charge in [0.25, 0.3) is 5.69 Å². The van der Waals surface area contributed by atoms with Crippen LogP contribution in [0.2, 0.25) is 0 Å². The molecule has 3 rings (SSSR count). The number of carbonyl (C=O) groups is 2. The first-order valence-corrected chi connectivity index (χ1v) is 9.04. The Morgan fingerprint density at radius 3 is 2.36 bits per heavy atom. The van der Waals surface area contributed by atoms with Crippen molar-refractivity contribution in [3.05, 3.63) is 70.0 Å². The minimum Gasteiger partial charge on any atom is -0.369 e. The molecule has 0 saturated heterocycles. The summed E-state index contributed by atoms with van der Waals surface area (Å²) < 4.78 is 0. The van der Waals surface area contributed by atoms with Gasteiger partial charge in [-0.2, -0.15) is 0 Å². The van der Waals surface area contributed by atoms with Gasteiger partial charge >= 0.3 is 0 Å². The fourth-order valence-electron chi connectivity index (χ4n) is 2.88. The zero-order chi connectivity index (χ0) is 20.3. The van der Waals surface area contributed by atoms with E-state index >= 15 is 0 Å². The summed E-state index contributed by atoms with van der Waals surface area (Å²) >= 11 is 1.20. The Morgan fingerprint density at radius 1 is 1.04 bits per heavy atom. The van der Waals surface area contributed by atoms with Crippen LogP contribution >= 0.6 is 11.8 Å². The van der Waals surface area contributed by atoms with Crippen molar-refractivity contribution in [2.45, 2.75) is 22.6 Å². The maximum Gasteiger partial charge on any atom is 0.283 e. The van der Waals surface area contributed by atoms with E-state index in [4.69, 9.17) is 11.5 Å². The number of benzene rings is 2. The Kier molecular flexibility index (Phi) is 5.55. The SMILES string of the molecule is NC(=O)Cc1cc(Sc2cccc3cnccc23)c([N+](=O)[O-])cc1CC(N)=O. The molecule has 0 fully saturated rings. The first-order chi connectivity index (χ1) is 13.3. The largest absolute Gasteiger partial charge is 0.369 e. The van der Waals surface area contributed by atoms with Crippen molar-refractivity contribution in [1.29, 1.82) is 0 Å². The monoisotopic (exact) mass is 396 g/mol. The molecule has 0 aliphatic heterocycles. The predicted octanol–water partition coefficient (Wildman–Crippen LogP) is 2.35. The first-order valence-electron chi connectivity index (χ1n) is 8.22. The smallest absolute Gasteiger partial charge is 0.283 e. The number of nitro benzene ring substituents is 1. The van der Waals surface area contributed by atoms with Gasteiger partial charge in [0.1, 0.15) is 0 Å². The summed E-state index contributed by atoms with van der Waals surface area (Å²) in [5.74, 6) is -1.26. The third kappa shape index (κ3) is 4.26. The molecule has 0 aliphatic rings. The molecule has 0 bridgehead atoms. The van der Waals surface area contributed by atoms with E-state index in [0.29, 0.717) is 16.0 Å². The molecule has 2 aromatic carbocycles. The Hall–Kier alpha value is -3.46. The van der Waals surface area contributed by atoms with Gasteiger partial charge in [0, 0.05) is 28.7 Å². The number of primary amides is 2. The Morgan fingerprint density at radius 2 is 1.71 bits per heavy atom. The standard InChI is InChI=1S/C19H16N4O4S/c20-18(24)8-12-6-15(23(26)27)17(7-13(12)9-19(21)25)28-16-3-1-2-11-10-22-5-4-14(11)16/h1-7,10H,8-9H2,(H2,20,24)(H2,21,25). The van der Waals surface area contributed by atoms with Gasteiger partial charge in [0.15, 0.2) is 0 Å². The Labute approximate surface area is 164 Å². The molecule has 0 atom stereocenters. The summed E-state index contributed by atoms with van der Waals surface area (Å²) in [6.07, 6.45) is 3.00. The van der Waals surface area contributed by atoms with E-state index in [1.807, 2.05) is 24.3 Å². The molecule has 142 valence electrons. The number of hydrogen-bond donors (Lipinski definition) is 2. The highest BCUT2D eigenvalue weighted by molar-refractivity contribution is 7.99. The topological polar surface area (TPSA) is 142 Å². The number of amides is 2. The minimum atomic E-state index is -0.651. The number of fused-ring (bicyclic) bond motifs is 1. The quantitative estimate of drug-likeness (QED) is 0.464. The van der Waals surface area contributed by atoms with E-state index < -0.39 is 16.7 Å². The number of nitrogens with zero attached hydrogens (tertiary/aromatic N) is 2. The number of carbonyl (C=O) groups excluding carboxylic acids is 2. The van der Waals surface area contributed by atoms with Gasteiger partial charge in [-0.05, 0) is 34.7 Å². The Balaban J connectivity index is 2.13. The van der Waals surface area contributed by atoms with Crippen LogP contribution in [-0.2, 0) is 22.4 Å². The normalized spacial score (nSPS) is 10.7. The van der Waals surface area contributed by atoms with Crippen LogP contribution < -0.4 is 11.5 Å². The number of pyridine rings is 1. The van der Waals surface area contributed by atoms with Gasteiger partial charge in [0.2, 0.25) is 11.8 Å². The van der Waals surface area contributed by atoms with Gasteiger partial charge < -0.3 is 11.5 Å². The summed E-state index contributed by atoms with van der Waals surface area (Å²) in [5, 5.41) is 13.4. The van der Waals surface area contributed by atoms with Crippen molar-refractivity contribution in [2.75, 3.05) is 0 Å². The molecule has 9 heteroatoms. The van der Waals surface area contributed by atoms with Crippen LogP contribution in [0, 0.1) is 10.1 Å². The summed E-state index contributed by atoms with van der Waals surface area (Å²) in [4.78, 5) is 39.1. The summed E-state index contributed by atoms with van der Waals surface area (Å²) in [6, 6.07) is 10.2. The van der Waals surface area contributed by atoms with Crippen LogP contribution in [0.1, 0.15) is 11.1 Å². The van der Waals surface area contributed by atoms with Crippen LogP contribution in [0.4, 0.5) is 5.69 Å². The number of hydrogen-bond acceptors (Lipinski definition) is 6. The first kappa shape index (κ1) is 19.3. The maximum atomic E-state index is 11.6. The zero-order valence-electron chi connectivity index (χ0n) is 14.6. The molecule has 0 unspecified atom stereocenters. The second kappa shape index (κ2) is 8.05. The van der Waals surface area contributed by atoms with Crippen molar-refractivity contribution in [3.8, 4) is 0 Å². The average molecular weight is 396 g/mol. The van der Waals surface area contributed by atoms with Crippen LogP contribution in [0.15, 0.2) is 58.6 Å². The predicted molar refractivity (Wildman–Crippen MR) is 105 cm³/mol. The lowest BCUT2D eigenvalue weighted by molar-refractivity contribution is -0.387. The van der Waals surface area contributed by atoms with Gasteiger partial charge in [-0.15, -0.1) is 0 Å². The van der Waals surface area contributed by atoms with E-state index in [9.17, 15) is 19.7 Å². The van der Waals surface area contributed by atoms with E-state index in [1.165, 1.54) is 23.9 Å². The van der Waals surface area contributed by atoms with Gasteiger partial charge in [-0.3, -0.25) is 24.7 Å². The highest BCUT2D eigenvalue weighted by atomic mass is 32.2. The number of aromatic nitrogens is 1. The third-order valence-corrected chi connectivity index (χ3v) is 5.19. The third-order valence-electron chi connectivity index (χ3n) is 4.07. The summed E-state index contributed by atoms with van der Waals surface area (Å²) in [5.41, 5.74) is 11.1. The number of rotatable bonds is 7. The second-order valence-electron chi connectivity index (χ2n) is 6.09. The van der Waals surface area contributed by atoms with Crippen molar-refractivity contribution in [3.63, 3.8) is 0 Å². The van der Waals surface area contributed by atoms with Gasteiger partial charge in [-0.1, -0.05) is 23.9 Å². The lowest BCUT2D eigenvalue weighted by Crippen LogP contribution is -2.19. The van der Waals surface area contributed by atoms with Crippen molar-refractivity contribution < 1.29 is 14.5 Å². The molecular weight excluding hydrogens is 380 g/mol. The van der Waals surface area contributed by atoms with Crippen molar-refractivity contribution in [2.24, 2.45) is 11.5 Å². The van der Waals surface area contributed by atoms with Crippen LogP contribution in [0.3, 0.4) is 0 Å². The number of nitrogens with two attached hydrogens (primary N) is 2. The van der Waals surface area contributed by atoms with E-state index in [0.717, 1.165) is 15.7 Å². The molecule has 0 aliphatic carbocycles. The van der Waals surface area contributed by atoms with Crippen molar-refractivity contribution >= 4 is 40.0 Å². The van der Waals surface area contributed by atoms with Gasteiger partial charge in [-0.25, -0.2) is 0 Å².